The summed E-state index contributed by atoms with van der Waals surface area (Å²) in [6, 6.07) is 19.8. The maximum atomic E-state index is 2.33. The van der Waals surface area contributed by atoms with Crippen LogP contribution in [0.4, 0.5) is 0 Å². The smallest absolute Gasteiger partial charge is 0.194 e. The lowest BCUT2D eigenvalue weighted by Crippen LogP contribution is -2.32. The van der Waals surface area contributed by atoms with Crippen molar-refractivity contribution in [1.29, 1.82) is 0 Å². The van der Waals surface area contributed by atoms with Crippen molar-refractivity contribution in [3.63, 3.8) is 0 Å². The second kappa shape index (κ2) is 5.24. The molecule has 0 aliphatic carbocycles. The van der Waals surface area contributed by atoms with Gasteiger partial charge < -0.3 is 0 Å². The standard InChI is InChI=1S/C21H24N/c1-15-8-6-7-9-18(15)19-13-11-16-10-12-17(21(2,3)4)14-20(16)22(19)5/h6-14H,1-5H3/q+1. The summed E-state index contributed by atoms with van der Waals surface area (Å²) in [5, 5.41) is 1.29. The predicted octanol–water partition coefficient (Wildman–Crippen LogP) is 4.94. The molecule has 0 amide bonds. The van der Waals surface area contributed by atoms with E-state index >= 15 is 0 Å². The topological polar surface area (TPSA) is 3.88 Å². The SMILES string of the molecule is Cc1ccccc1-c1ccc2ccc(C(C)(C)C)cc2[n+]1C. The van der Waals surface area contributed by atoms with Gasteiger partial charge in [0, 0.05) is 23.1 Å². The third-order valence-electron chi connectivity index (χ3n) is 4.46. The van der Waals surface area contributed by atoms with Crippen LogP contribution in [0.15, 0.2) is 54.6 Å². The number of aromatic nitrogens is 1. The Bertz CT molecular complexity index is 838. The van der Waals surface area contributed by atoms with Crippen molar-refractivity contribution < 1.29 is 4.57 Å². The second-order valence-electron chi connectivity index (χ2n) is 7.12. The monoisotopic (exact) mass is 290 g/mol. The van der Waals surface area contributed by atoms with E-state index in [2.05, 4.69) is 93.9 Å². The fraction of sp³-hybridized carbons (Fsp3) is 0.286. The highest BCUT2D eigenvalue weighted by Gasteiger charge is 2.19. The van der Waals surface area contributed by atoms with Crippen LogP contribution in [-0.4, -0.2) is 0 Å². The molecule has 0 radical (unpaired) electrons. The van der Waals surface area contributed by atoms with Crippen molar-refractivity contribution in [3.8, 4) is 11.3 Å². The highest BCUT2D eigenvalue weighted by molar-refractivity contribution is 5.79. The molecule has 1 nitrogen and oxygen atoms in total. The molecule has 0 saturated heterocycles. The molecule has 0 fully saturated rings. The number of hydrogen-bond donors (Lipinski definition) is 0. The maximum absolute atomic E-state index is 2.33. The Hall–Kier alpha value is -2.15. The van der Waals surface area contributed by atoms with Gasteiger partial charge in [0.2, 0.25) is 11.2 Å². The molecule has 0 bridgehead atoms. The van der Waals surface area contributed by atoms with Gasteiger partial charge in [-0.05, 0) is 41.7 Å². The van der Waals surface area contributed by atoms with E-state index in [9.17, 15) is 0 Å². The van der Waals surface area contributed by atoms with Gasteiger partial charge in [-0.3, -0.25) is 0 Å². The van der Waals surface area contributed by atoms with Gasteiger partial charge in [-0.15, -0.1) is 0 Å². The van der Waals surface area contributed by atoms with E-state index in [1.54, 1.807) is 0 Å². The van der Waals surface area contributed by atoms with E-state index in [1.807, 2.05) is 0 Å². The summed E-state index contributed by atoms with van der Waals surface area (Å²) in [6.07, 6.45) is 0. The Morgan fingerprint density at radius 2 is 1.55 bits per heavy atom. The quantitative estimate of drug-likeness (QED) is 0.559. The van der Waals surface area contributed by atoms with Crippen LogP contribution in [0, 0.1) is 6.92 Å². The molecule has 3 rings (SSSR count). The first-order valence-corrected chi connectivity index (χ1v) is 7.87. The molecule has 22 heavy (non-hydrogen) atoms. The molecule has 0 spiro atoms. The molecule has 0 aliphatic rings. The fourth-order valence-electron chi connectivity index (χ4n) is 2.98. The molecule has 0 aliphatic heterocycles. The van der Waals surface area contributed by atoms with Crippen LogP contribution in [0.2, 0.25) is 0 Å². The summed E-state index contributed by atoms with van der Waals surface area (Å²) in [5.74, 6) is 0. The molecule has 0 saturated carbocycles. The minimum atomic E-state index is 0.167. The van der Waals surface area contributed by atoms with Crippen LogP contribution >= 0.6 is 0 Å². The Morgan fingerprint density at radius 3 is 2.23 bits per heavy atom. The molecule has 0 atom stereocenters. The summed E-state index contributed by atoms with van der Waals surface area (Å²) in [7, 11) is 2.16. The van der Waals surface area contributed by atoms with Crippen molar-refractivity contribution >= 4 is 10.9 Å². The molecular formula is C21H24N+. The van der Waals surface area contributed by atoms with Gasteiger partial charge in [0.25, 0.3) is 0 Å². The number of benzene rings is 2. The first-order chi connectivity index (χ1) is 10.4. The van der Waals surface area contributed by atoms with E-state index < -0.39 is 0 Å². The highest BCUT2D eigenvalue weighted by Crippen LogP contribution is 2.27. The van der Waals surface area contributed by atoms with Crippen LogP contribution < -0.4 is 4.57 Å². The third kappa shape index (κ3) is 2.52. The predicted molar refractivity (Wildman–Crippen MR) is 94.0 cm³/mol. The second-order valence-corrected chi connectivity index (χ2v) is 7.12. The van der Waals surface area contributed by atoms with Crippen LogP contribution in [0.3, 0.4) is 0 Å². The summed E-state index contributed by atoms with van der Waals surface area (Å²) in [4.78, 5) is 0. The molecule has 2 aromatic carbocycles. The minimum absolute atomic E-state index is 0.167. The number of nitrogens with zero attached hydrogens (tertiary/aromatic N) is 1. The van der Waals surface area contributed by atoms with Gasteiger partial charge >= 0.3 is 0 Å². The number of fused-ring (bicyclic) bond motifs is 1. The molecule has 3 aromatic rings. The maximum Gasteiger partial charge on any atom is 0.213 e. The molecule has 1 heterocycles. The van der Waals surface area contributed by atoms with E-state index in [1.165, 1.54) is 33.3 Å². The third-order valence-corrected chi connectivity index (χ3v) is 4.46. The van der Waals surface area contributed by atoms with E-state index in [-0.39, 0.29) is 5.41 Å². The summed E-state index contributed by atoms with van der Waals surface area (Å²) in [5.41, 5.74) is 6.69. The van der Waals surface area contributed by atoms with Gasteiger partial charge in [0.15, 0.2) is 0 Å². The largest absolute Gasteiger partial charge is 0.213 e. The minimum Gasteiger partial charge on any atom is -0.194 e. The summed E-state index contributed by atoms with van der Waals surface area (Å²) >= 11 is 0. The average molecular weight is 290 g/mol. The zero-order chi connectivity index (χ0) is 15.9. The Kier molecular flexibility index (Phi) is 3.52. The Morgan fingerprint density at radius 1 is 0.864 bits per heavy atom. The Balaban J connectivity index is 2.27. The van der Waals surface area contributed by atoms with E-state index in [4.69, 9.17) is 0 Å². The van der Waals surface area contributed by atoms with E-state index in [0.29, 0.717) is 0 Å². The van der Waals surface area contributed by atoms with Crippen molar-refractivity contribution in [2.45, 2.75) is 33.1 Å². The van der Waals surface area contributed by atoms with Crippen molar-refractivity contribution in [3.05, 3.63) is 65.7 Å². The molecule has 1 aromatic heterocycles. The number of hydrogen-bond acceptors (Lipinski definition) is 0. The summed E-state index contributed by atoms with van der Waals surface area (Å²) in [6.45, 7) is 8.96. The lowest BCUT2D eigenvalue weighted by Gasteiger charge is -2.18. The van der Waals surface area contributed by atoms with Gasteiger partial charge in [-0.1, -0.05) is 45.0 Å². The molecular weight excluding hydrogens is 266 g/mol. The van der Waals surface area contributed by atoms with Crippen LogP contribution in [0.25, 0.3) is 22.2 Å². The normalized spacial score (nSPS) is 11.9. The first kappa shape index (κ1) is 14.8. The van der Waals surface area contributed by atoms with Crippen LogP contribution in [0.5, 0.6) is 0 Å². The number of aryl methyl sites for hydroxylation is 2. The Labute approximate surface area is 133 Å². The zero-order valence-corrected chi connectivity index (χ0v) is 14.1. The van der Waals surface area contributed by atoms with Crippen molar-refractivity contribution in [2.24, 2.45) is 7.05 Å². The molecule has 0 N–H and O–H groups in total. The van der Waals surface area contributed by atoms with Gasteiger partial charge in [-0.2, -0.15) is 4.57 Å². The van der Waals surface area contributed by atoms with Gasteiger partial charge in [0.1, 0.15) is 7.05 Å². The first-order valence-electron chi connectivity index (χ1n) is 7.87. The van der Waals surface area contributed by atoms with Crippen LogP contribution in [-0.2, 0) is 12.5 Å². The molecule has 1 heteroatoms. The lowest BCUT2D eigenvalue weighted by molar-refractivity contribution is -0.633. The fourth-order valence-corrected chi connectivity index (χ4v) is 2.98. The molecule has 0 unspecified atom stereocenters. The average Bonchev–Trinajstić information content (AvgIpc) is 2.47. The van der Waals surface area contributed by atoms with Gasteiger partial charge in [0.05, 0.1) is 0 Å². The van der Waals surface area contributed by atoms with E-state index in [0.717, 1.165) is 0 Å². The molecule has 112 valence electrons. The van der Waals surface area contributed by atoms with Crippen LogP contribution in [0.1, 0.15) is 31.9 Å². The number of pyridine rings is 1. The van der Waals surface area contributed by atoms with Crippen molar-refractivity contribution in [2.75, 3.05) is 0 Å². The highest BCUT2D eigenvalue weighted by atomic mass is 14.9. The lowest BCUT2D eigenvalue weighted by atomic mass is 9.86. The number of rotatable bonds is 1. The zero-order valence-electron chi connectivity index (χ0n) is 14.1. The summed E-state index contributed by atoms with van der Waals surface area (Å²) < 4.78 is 2.31. The van der Waals surface area contributed by atoms with Crippen molar-refractivity contribution in [1.82, 2.24) is 0 Å². The van der Waals surface area contributed by atoms with Gasteiger partial charge in [-0.25, -0.2) is 0 Å².